The third-order valence-electron chi connectivity index (χ3n) is 9.44. The number of carbonyl (C=O) groups excluding carboxylic acids is 4. The molecule has 3 heterocycles. The molecule has 51 heavy (non-hydrogen) atoms. The van der Waals surface area contributed by atoms with E-state index in [1.165, 1.54) is 0 Å². The van der Waals surface area contributed by atoms with E-state index < -0.39 is 29.8 Å². The Morgan fingerprint density at radius 2 is 1.84 bits per heavy atom. The van der Waals surface area contributed by atoms with E-state index >= 15 is 0 Å². The highest BCUT2D eigenvalue weighted by Gasteiger charge is 2.36. The van der Waals surface area contributed by atoms with Gasteiger partial charge in [-0.2, -0.15) is 0 Å². The minimum absolute atomic E-state index is 0.188. The maximum Gasteiger partial charge on any atom is 0.255 e. The van der Waals surface area contributed by atoms with Crippen LogP contribution in [-0.2, 0) is 27.2 Å². The van der Waals surface area contributed by atoms with Crippen LogP contribution in [0.4, 0.5) is 0 Å². The summed E-state index contributed by atoms with van der Waals surface area (Å²) in [5.74, 6) is -0.126. The fourth-order valence-corrected chi connectivity index (χ4v) is 6.84. The van der Waals surface area contributed by atoms with Crippen molar-refractivity contribution in [2.24, 2.45) is 0 Å². The first kappa shape index (κ1) is 35.3. The zero-order valence-corrected chi connectivity index (χ0v) is 29.0. The molecule has 1 fully saturated rings. The first-order valence-corrected chi connectivity index (χ1v) is 17.6. The van der Waals surface area contributed by atoms with Crippen molar-refractivity contribution >= 4 is 34.5 Å². The second-order valence-corrected chi connectivity index (χ2v) is 12.9. The Bertz CT molecular complexity index is 1870. The normalized spacial score (nSPS) is 19.6. The predicted octanol–water partition coefficient (Wildman–Crippen LogP) is 3.92. The summed E-state index contributed by atoms with van der Waals surface area (Å²) in [5.41, 5.74) is 3.07. The number of para-hydroxylation sites is 2. The summed E-state index contributed by atoms with van der Waals surface area (Å²) >= 11 is 0. The number of nitrogens with zero attached hydrogens (tertiary/aromatic N) is 1. The minimum Gasteiger partial charge on any atom is -0.493 e. The second kappa shape index (κ2) is 16.5. The van der Waals surface area contributed by atoms with Crippen LogP contribution in [0.1, 0.15) is 54.1 Å². The summed E-state index contributed by atoms with van der Waals surface area (Å²) in [7, 11) is 1.59. The number of aromatic nitrogens is 1. The molecule has 4 N–H and O–H groups in total. The lowest BCUT2D eigenvalue weighted by Crippen LogP contribution is -2.54. The first-order valence-electron chi connectivity index (χ1n) is 17.6. The summed E-state index contributed by atoms with van der Waals surface area (Å²) < 4.78 is 17.2. The van der Waals surface area contributed by atoms with Gasteiger partial charge in [-0.25, -0.2) is 0 Å². The van der Waals surface area contributed by atoms with Crippen molar-refractivity contribution in [2.75, 3.05) is 33.4 Å². The molecule has 3 aromatic carbocycles. The van der Waals surface area contributed by atoms with Gasteiger partial charge in [-0.3, -0.25) is 19.2 Å². The van der Waals surface area contributed by atoms with Gasteiger partial charge >= 0.3 is 0 Å². The molecule has 12 heteroatoms. The van der Waals surface area contributed by atoms with E-state index in [1.807, 2.05) is 55.6 Å². The molecule has 0 bridgehead atoms. The zero-order valence-electron chi connectivity index (χ0n) is 29.0. The van der Waals surface area contributed by atoms with Gasteiger partial charge in [-0.05, 0) is 74.1 Å². The monoisotopic (exact) mass is 695 g/mol. The van der Waals surface area contributed by atoms with E-state index in [1.54, 1.807) is 36.3 Å². The summed E-state index contributed by atoms with van der Waals surface area (Å²) in [6, 6.07) is 18.0. The number of fused-ring (bicyclic) bond motifs is 3. The van der Waals surface area contributed by atoms with Crippen molar-refractivity contribution < 1.29 is 33.4 Å². The Balaban J connectivity index is 1.20. The third-order valence-corrected chi connectivity index (χ3v) is 9.44. The molecule has 12 nitrogen and oxygen atoms in total. The number of carbonyl (C=O) groups is 4. The Morgan fingerprint density at radius 1 is 1.02 bits per heavy atom. The Morgan fingerprint density at radius 3 is 2.69 bits per heavy atom. The highest BCUT2D eigenvalue weighted by molar-refractivity contribution is 6.01. The zero-order chi connectivity index (χ0) is 35.7. The van der Waals surface area contributed by atoms with Crippen LogP contribution in [0, 0.1) is 0 Å². The molecule has 0 aliphatic carbocycles. The smallest absolute Gasteiger partial charge is 0.255 e. The van der Waals surface area contributed by atoms with Crippen molar-refractivity contribution in [1.82, 2.24) is 25.8 Å². The van der Waals surface area contributed by atoms with Crippen molar-refractivity contribution in [3.05, 3.63) is 89.6 Å². The molecular weight excluding hydrogens is 650 g/mol. The molecule has 1 aromatic heterocycles. The molecule has 2 aliphatic heterocycles. The van der Waals surface area contributed by atoms with Crippen LogP contribution in [0.2, 0.25) is 0 Å². The minimum atomic E-state index is -1.21. The van der Waals surface area contributed by atoms with Crippen LogP contribution in [0.3, 0.4) is 0 Å². The van der Waals surface area contributed by atoms with Crippen LogP contribution in [0.25, 0.3) is 10.9 Å². The molecular formula is C39H45N5O7. The van der Waals surface area contributed by atoms with E-state index in [9.17, 15) is 19.2 Å². The van der Waals surface area contributed by atoms with Gasteiger partial charge in [0.2, 0.25) is 17.7 Å². The topological polar surface area (TPSA) is 151 Å². The molecule has 2 aliphatic rings. The number of benzene rings is 3. The van der Waals surface area contributed by atoms with Gasteiger partial charge in [0, 0.05) is 36.6 Å². The fourth-order valence-electron chi connectivity index (χ4n) is 6.84. The summed E-state index contributed by atoms with van der Waals surface area (Å²) in [6.07, 6.45) is 4.53. The first-order chi connectivity index (χ1) is 24.8. The van der Waals surface area contributed by atoms with E-state index in [0.29, 0.717) is 49.8 Å². The van der Waals surface area contributed by atoms with Crippen LogP contribution < -0.4 is 30.2 Å². The average Bonchev–Trinajstić information content (AvgIpc) is 3.79. The number of aromatic amines is 1. The molecule has 6 rings (SSSR count). The Labute approximate surface area is 297 Å². The number of rotatable bonds is 10. The fraction of sp³-hybridized carbons (Fsp3) is 0.385. The number of methoxy groups -OCH3 is 1. The number of H-pyrrole nitrogens is 1. The van der Waals surface area contributed by atoms with Gasteiger partial charge in [-0.15, -0.1) is 0 Å². The van der Waals surface area contributed by atoms with Crippen molar-refractivity contribution in [2.45, 2.75) is 63.6 Å². The Kier molecular flexibility index (Phi) is 11.4. The molecule has 4 aromatic rings. The van der Waals surface area contributed by atoms with Crippen molar-refractivity contribution in [1.29, 1.82) is 0 Å². The van der Waals surface area contributed by atoms with Gasteiger partial charge < -0.3 is 40.0 Å². The van der Waals surface area contributed by atoms with E-state index in [2.05, 4.69) is 20.9 Å². The lowest BCUT2D eigenvalue weighted by molar-refractivity contribution is -0.138. The van der Waals surface area contributed by atoms with Gasteiger partial charge in [0.05, 0.1) is 31.7 Å². The van der Waals surface area contributed by atoms with Crippen LogP contribution in [-0.4, -0.2) is 85.1 Å². The molecule has 1 saturated heterocycles. The van der Waals surface area contributed by atoms with Gasteiger partial charge in [0.25, 0.3) is 5.91 Å². The maximum atomic E-state index is 14.2. The van der Waals surface area contributed by atoms with Crippen LogP contribution in [0.15, 0.2) is 72.9 Å². The van der Waals surface area contributed by atoms with Gasteiger partial charge in [0.1, 0.15) is 24.4 Å². The number of aryl methyl sites for hydroxylation is 1. The molecule has 4 amide bonds. The molecule has 268 valence electrons. The van der Waals surface area contributed by atoms with E-state index in [-0.39, 0.29) is 37.0 Å². The highest BCUT2D eigenvalue weighted by atomic mass is 16.5. The summed E-state index contributed by atoms with van der Waals surface area (Å²) in [6.45, 7) is 3.46. The van der Waals surface area contributed by atoms with Crippen molar-refractivity contribution in [3.8, 4) is 17.2 Å². The number of nitrogens with one attached hydrogen (secondary N) is 4. The van der Waals surface area contributed by atoms with Gasteiger partial charge in [0.15, 0.2) is 11.5 Å². The quantitative estimate of drug-likeness (QED) is 0.184. The van der Waals surface area contributed by atoms with Crippen molar-refractivity contribution in [3.63, 3.8) is 0 Å². The highest BCUT2D eigenvalue weighted by Crippen LogP contribution is 2.29. The predicted molar refractivity (Wildman–Crippen MR) is 192 cm³/mol. The lowest BCUT2D eigenvalue weighted by Gasteiger charge is -2.30. The number of hydrogen-bond donors (Lipinski definition) is 4. The average molecular weight is 696 g/mol. The second-order valence-electron chi connectivity index (χ2n) is 12.9. The molecule has 0 spiro atoms. The number of amides is 4. The Hall–Kier alpha value is -5.52. The summed E-state index contributed by atoms with van der Waals surface area (Å²) in [5, 5.41) is 9.55. The SMILES string of the molecule is CCOc1ccc(CCCNC(=O)[C@@H]2CC(=O)N[C@@H](Cc3c[nH]c4ccccc34)C(=O)N3CCC[C@@H]3COc3ccccc3C(=O)N2)cc1OC. The standard InChI is InChI=1S/C39H45N5O7/c1-3-50-34-17-16-25(20-35(34)49-2)10-8-18-40-38(47)31-22-36(45)42-32(21-26-23-41-30-14-6-4-12-28(26)30)39(48)44-19-9-11-27(44)24-51-33-15-7-5-13-29(33)37(46)43-31/h4-7,12-17,20,23,27,31-32,41H,3,8-11,18-19,21-22,24H2,1-2H3,(H,40,47)(H,42,45)(H,43,46)/t27-,31+,32+/m1/s1. The molecule has 3 atom stereocenters. The van der Waals surface area contributed by atoms with Crippen LogP contribution in [0.5, 0.6) is 17.2 Å². The van der Waals surface area contributed by atoms with Crippen LogP contribution >= 0.6 is 0 Å². The molecule has 0 unspecified atom stereocenters. The number of ether oxygens (including phenoxy) is 3. The molecule has 0 saturated carbocycles. The lowest BCUT2D eigenvalue weighted by atomic mass is 10.0. The largest absolute Gasteiger partial charge is 0.493 e. The maximum absolute atomic E-state index is 14.2. The van der Waals surface area contributed by atoms with Gasteiger partial charge in [-0.1, -0.05) is 36.4 Å². The summed E-state index contributed by atoms with van der Waals surface area (Å²) in [4.78, 5) is 60.2. The molecule has 0 radical (unpaired) electrons. The van der Waals surface area contributed by atoms with E-state index in [0.717, 1.165) is 34.9 Å². The number of hydrogen-bond acceptors (Lipinski definition) is 7. The van der Waals surface area contributed by atoms with E-state index in [4.69, 9.17) is 14.2 Å². The third kappa shape index (κ3) is 8.45.